The summed E-state index contributed by atoms with van der Waals surface area (Å²) < 4.78 is 1.92. The summed E-state index contributed by atoms with van der Waals surface area (Å²) >= 11 is 0. The van der Waals surface area contributed by atoms with Gasteiger partial charge in [0.1, 0.15) is 5.69 Å². The standard InChI is InChI=1S/C15H17N3O/c19-11-14-15(13-8-9-13)18(17-16-14)10-4-7-12-5-2-1-3-6-12/h1-3,5-6,11,13H,4,7-10H2. The maximum Gasteiger partial charge on any atom is 0.172 e. The van der Waals surface area contributed by atoms with Crippen molar-refractivity contribution in [2.24, 2.45) is 0 Å². The van der Waals surface area contributed by atoms with Crippen LogP contribution in [0.5, 0.6) is 0 Å². The summed E-state index contributed by atoms with van der Waals surface area (Å²) in [5.41, 5.74) is 2.91. The van der Waals surface area contributed by atoms with E-state index < -0.39 is 0 Å². The highest BCUT2D eigenvalue weighted by atomic mass is 16.1. The molecule has 0 saturated heterocycles. The first kappa shape index (κ1) is 12.1. The number of aryl methyl sites for hydroxylation is 2. The summed E-state index contributed by atoms with van der Waals surface area (Å²) in [6.45, 7) is 0.835. The van der Waals surface area contributed by atoms with Gasteiger partial charge in [-0.3, -0.25) is 4.79 Å². The fourth-order valence-electron chi connectivity index (χ4n) is 2.44. The Balaban J connectivity index is 1.64. The van der Waals surface area contributed by atoms with Crippen LogP contribution in [0.15, 0.2) is 30.3 Å². The number of aldehydes is 1. The van der Waals surface area contributed by atoms with Gasteiger partial charge in [0.05, 0.1) is 5.69 Å². The SMILES string of the molecule is O=Cc1nnn(CCCc2ccccc2)c1C1CC1. The van der Waals surface area contributed by atoms with Crippen LogP contribution < -0.4 is 0 Å². The normalized spacial score (nSPS) is 14.5. The van der Waals surface area contributed by atoms with Gasteiger partial charge in [0.15, 0.2) is 6.29 Å². The molecule has 1 aromatic heterocycles. The van der Waals surface area contributed by atoms with Crippen LogP contribution in [-0.4, -0.2) is 21.3 Å². The molecule has 0 atom stereocenters. The van der Waals surface area contributed by atoms with Crippen LogP contribution in [0.2, 0.25) is 0 Å². The molecular weight excluding hydrogens is 238 g/mol. The highest BCUT2D eigenvalue weighted by Gasteiger charge is 2.30. The van der Waals surface area contributed by atoms with E-state index in [1.54, 1.807) is 0 Å². The first-order valence-corrected chi connectivity index (χ1v) is 6.81. The largest absolute Gasteiger partial charge is 0.296 e. The van der Waals surface area contributed by atoms with Gasteiger partial charge in [0.25, 0.3) is 0 Å². The minimum atomic E-state index is 0.506. The van der Waals surface area contributed by atoms with Crippen molar-refractivity contribution < 1.29 is 4.79 Å². The van der Waals surface area contributed by atoms with Crippen molar-refractivity contribution in [2.75, 3.05) is 0 Å². The molecule has 1 aromatic carbocycles. The van der Waals surface area contributed by atoms with Gasteiger partial charge in [-0.1, -0.05) is 35.5 Å². The van der Waals surface area contributed by atoms with Gasteiger partial charge in [-0.2, -0.15) is 0 Å². The number of carbonyl (C=O) groups is 1. The third-order valence-electron chi connectivity index (χ3n) is 3.55. The van der Waals surface area contributed by atoms with E-state index in [-0.39, 0.29) is 0 Å². The Labute approximate surface area is 112 Å². The van der Waals surface area contributed by atoms with Crippen molar-refractivity contribution >= 4 is 6.29 Å². The van der Waals surface area contributed by atoms with E-state index in [1.807, 2.05) is 10.7 Å². The molecular formula is C15H17N3O. The Bertz CT molecular complexity index is 558. The minimum absolute atomic E-state index is 0.506. The summed E-state index contributed by atoms with van der Waals surface area (Å²) in [4.78, 5) is 11.0. The molecule has 3 rings (SSSR count). The van der Waals surface area contributed by atoms with E-state index >= 15 is 0 Å². The van der Waals surface area contributed by atoms with Crippen molar-refractivity contribution in [3.63, 3.8) is 0 Å². The molecule has 1 heterocycles. The summed E-state index contributed by atoms with van der Waals surface area (Å²) in [6.07, 6.45) is 5.20. The quantitative estimate of drug-likeness (QED) is 0.745. The van der Waals surface area contributed by atoms with Gasteiger partial charge in [-0.05, 0) is 31.2 Å². The lowest BCUT2D eigenvalue weighted by Crippen LogP contribution is -2.06. The zero-order valence-corrected chi connectivity index (χ0v) is 10.8. The van der Waals surface area contributed by atoms with Gasteiger partial charge in [0.2, 0.25) is 0 Å². The van der Waals surface area contributed by atoms with E-state index in [1.165, 1.54) is 5.56 Å². The van der Waals surface area contributed by atoms with E-state index in [0.717, 1.165) is 44.2 Å². The Morgan fingerprint density at radius 1 is 1.26 bits per heavy atom. The molecule has 0 bridgehead atoms. The van der Waals surface area contributed by atoms with Crippen LogP contribution in [0, 0.1) is 0 Å². The summed E-state index contributed by atoms with van der Waals surface area (Å²) in [7, 11) is 0. The molecule has 19 heavy (non-hydrogen) atoms. The molecule has 1 saturated carbocycles. The molecule has 4 heteroatoms. The Morgan fingerprint density at radius 2 is 2.05 bits per heavy atom. The highest BCUT2D eigenvalue weighted by molar-refractivity contribution is 5.73. The molecule has 0 unspecified atom stereocenters. The number of aromatic nitrogens is 3. The second kappa shape index (κ2) is 5.34. The minimum Gasteiger partial charge on any atom is -0.296 e. The van der Waals surface area contributed by atoms with Gasteiger partial charge in [-0.15, -0.1) is 5.10 Å². The third kappa shape index (κ3) is 2.72. The van der Waals surface area contributed by atoms with Crippen LogP contribution in [0.1, 0.15) is 46.9 Å². The molecule has 2 aromatic rings. The van der Waals surface area contributed by atoms with E-state index in [2.05, 4.69) is 34.6 Å². The molecule has 0 amide bonds. The van der Waals surface area contributed by atoms with Crippen molar-refractivity contribution in [1.82, 2.24) is 15.0 Å². The molecule has 0 spiro atoms. The number of carbonyl (C=O) groups excluding carboxylic acids is 1. The van der Waals surface area contributed by atoms with E-state index in [4.69, 9.17) is 0 Å². The number of hydrogen-bond donors (Lipinski definition) is 0. The first-order chi connectivity index (χ1) is 9.38. The van der Waals surface area contributed by atoms with Crippen LogP contribution >= 0.6 is 0 Å². The highest BCUT2D eigenvalue weighted by Crippen LogP contribution is 2.40. The van der Waals surface area contributed by atoms with Crippen molar-refractivity contribution in [3.8, 4) is 0 Å². The first-order valence-electron chi connectivity index (χ1n) is 6.81. The zero-order valence-electron chi connectivity index (χ0n) is 10.8. The smallest absolute Gasteiger partial charge is 0.172 e. The lowest BCUT2D eigenvalue weighted by atomic mass is 10.1. The summed E-state index contributed by atoms with van der Waals surface area (Å²) in [5, 5.41) is 8.08. The van der Waals surface area contributed by atoms with Crippen LogP contribution in [0.25, 0.3) is 0 Å². The maximum atomic E-state index is 11.0. The zero-order chi connectivity index (χ0) is 13.1. The lowest BCUT2D eigenvalue weighted by molar-refractivity contribution is 0.111. The third-order valence-corrected chi connectivity index (χ3v) is 3.55. The van der Waals surface area contributed by atoms with Crippen molar-refractivity contribution in [2.45, 2.75) is 38.1 Å². The fraction of sp³-hybridized carbons (Fsp3) is 0.400. The number of nitrogens with zero attached hydrogens (tertiary/aromatic N) is 3. The molecule has 0 radical (unpaired) electrons. The Hall–Kier alpha value is -1.97. The van der Waals surface area contributed by atoms with Crippen LogP contribution in [0.3, 0.4) is 0 Å². The van der Waals surface area contributed by atoms with Gasteiger partial charge in [-0.25, -0.2) is 4.68 Å². The van der Waals surface area contributed by atoms with E-state index in [0.29, 0.717) is 11.6 Å². The predicted molar refractivity (Wildman–Crippen MR) is 72.1 cm³/mol. The lowest BCUT2D eigenvalue weighted by Gasteiger charge is -2.05. The van der Waals surface area contributed by atoms with Crippen LogP contribution in [-0.2, 0) is 13.0 Å². The average molecular weight is 255 g/mol. The van der Waals surface area contributed by atoms with E-state index in [9.17, 15) is 4.79 Å². The average Bonchev–Trinajstić information content (AvgIpc) is 3.21. The van der Waals surface area contributed by atoms with Crippen LogP contribution in [0.4, 0.5) is 0 Å². The molecule has 98 valence electrons. The summed E-state index contributed by atoms with van der Waals surface area (Å²) in [5.74, 6) is 0.506. The van der Waals surface area contributed by atoms with Crippen molar-refractivity contribution in [1.29, 1.82) is 0 Å². The predicted octanol–water partition coefficient (Wildman–Crippen LogP) is 2.60. The second-order valence-corrected chi connectivity index (χ2v) is 5.06. The molecule has 1 fully saturated rings. The molecule has 0 aliphatic heterocycles. The van der Waals surface area contributed by atoms with Gasteiger partial charge < -0.3 is 0 Å². The van der Waals surface area contributed by atoms with Gasteiger partial charge >= 0.3 is 0 Å². The van der Waals surface area contributed by atoms with Crippen molar-refractivity contribution in [3.05, 3.63) is 47.3 Å². The maximum absolute atomic E-state index is 11.0. The molecule has 0 N–H and O–H groups in total. The number of rotatable bonds is 6. The molecule has 1 aliphatic carbocycles. The number of hydrogen-bond acceptors (Lipinski definition) is 3. The Kier molecular flexibility index (Phi) is 3.40. The van der Waals surface area contributed by atoms with Gasteiger partial charge in [0, 0.05) is 12.5 Å². The molecule has 1 aliphatic rings. The number of benzene rings is 1. The monoisotopic (exact) mass is 255 g/mol. The summed E-state index contributed by atoms with van der Waals surface area (Å²) in [6, 6.07) is 10.4. The second-order valence-electron chi connectivity index (χ2n) is 5.06. The topological polar surface area (TPSA) is 47.8 Å². The molecule has 4 nitrogen and oxygen atoms in total. The Morgan fingerprint density at radius 3 is 2.74 bits per heavy atom. The fourth-order valence-corrected chi connectivity index (χ4v) is 2.44.